The summed E-state index contributed by atoms with van der Waals surface area (Å²) in [5.74, 6) is -0.0590. The van der Waals surface area contributed by atoms with Crippen molar-refractivity contribution < 1.29 is 14.3 Å². The second kappa shape index (κ2) is 9.20. The van der Waals surface area contributed by atoms with Gasteiger partial charge in [-0.05, 0) is 25.2 Å². The number of benzene rings is 2. The Hall–Kier alpha value is -2.70. The highest BCUT2D eigenvalue weighted by Gasteiger charge is 2.58. The number of hydrogen-bond acceptors (Lipinski definition) is 4. The molecule has 31 heavy (non-hydrogen) atoms. The maximum Gasteiger partial charge on any atom is 0.257 e. The monoisotopic (exact) mass is 421 g/mol. The van der Waals surface area contributed by atoms with Gasteiger partial charge in [-0.1, -0.05) is 60.7 Å². The van der Waals surface area contributed by atoms with Crippen LogP contribution in [0.3, 0.4) is 0 Å². The molecule has 2 fully saturated rings. The largest absolute Gasteiger partial charge is 0.361 e. The van der Waals surface area contributed by atoms with Crippen molar-refractivity contribution in [3.63, 3.8) is 0 Å². The van der Waals surface area contributed by atoms with Gasteiger partial charge in [0, 0.05) is 32.1 Å². The van der Waals surface area contributed by atoms with Crippen LogP contribution in [-0.2, 0) is 20.7 Å². The predicted molar refractivity (Wildman–Crippen MR) is 120 cm³/mol. The summed E-state index contributed by atoms with van der Waals surface area (Å²) in [6.07, 6.45) is 0.339. The van der Waals surface area contributed by atoms with E-state index in [1.165, 1.54) is 0 Å². The highest BCUT2D eigenvalue weighted by Crippen LogP contribution is 2.42. The van der Waals surface area contributed by atoms with Crippen molar-refractivity contribution in [3.05, 3.63) is 71.8 Å². The van der Waals surface area contributed by atoms with Crippen LogP contribution in [0.25, 0.3) is 0 Å². The highest BCUT2D eigenvalue weighted by molar-refractivity contribution is 5.91. The SMILES string of the molecule is CN(C)CCN1C[C@@H](c2ccccc2)[C@]2(CN(C(=O)Cc3ccccc3)CCO2)C1=O. The van der Waals surface area contributed by atoms with Gasteiger partial charge in [-0.15, -0.1) is 0 Å². The van der Waals surface area contributed by atoms with Crippen molar-refractivity contribution in [2.24, 2.45) is 0 Å². The summed E-state index contributed by atoms with van der Waals surface area (Å²) < 4.78 is 6.27. The van der Waals surface area contributed by atoms with Gasteiger partial charge in [0.2, 0.25) is 5.91 Å². The number of morpholine rings is 1. The lowest BCUT2D eigenvalue weighted by molar-refractivity contribution is -0.167. The number of carbonyl (C=O) groups excluding carboxylic acids is 2. The zero-order valence-electron chi connectivity index (χ0n) is 18.4. The van der Waals surface area contributed by atoms with Crippen molar-refractivity contribution in [1.82, 2.24) is 14.7 Å². The Morgan fingerprint density at radius 3 is 2.45 bits per heavy atom. The third-order valence-electron chi connectivity index (χ3n) is 6.33. The second-order valence-corrected chi connectivity index (χ2v) is 8.73. The van der Waals surface area contributed by atoms with Crippen LogP contribution in [0.2, 0.25) is 0 Å². The van der Waals surface area contributed by atoms with Crippen molar-refractivity contribution in [2.75, 3.05) is 53.4 Å². The first-order valence-electron chi connectivity index (χ1n) is 10.9. The molecule has 6 heteroatoms. The molecule has 2 aromatic carbocycles. The van der Waals surface area contributed by atoms with Gasteiger partial charge in [-0.3, -0.25) is 9.59 Å². The predicted octanol–water partition coefficient (Wildman–Crippen LogP) is 2.01. The van der Waals surface area contributed by atoms with Crippen molar-refractivity contribution in [1.29, 1.82) is 0 Å². The molecule has 2 heterocycles. The highest BCUT2D eigenvalue weighted by atomic mass is 16.5. The van der Waals surface area contributed by atoms with E-state index in [0.29, 0.717) is 39.2 Å². The van der Waals surface area contributed by atoms with Crippen molar-refractivity contribution in [3.8, 4) is 0 Å². The van der Waals surface area contributed by atoms with Gasteiger partial charge < -0.3 is 19.4 Å². The van der Waals surface area contributed by atoms with E-state index >= 15 is 0 Å². The van der Waals surface area contributed by atoms with E-state index < -0.39 is 5.60 Å². The zero-order chi connectivity index (χ0) is 21.8. The van der Waals surface area contributed by atoms with Crippen LogP contribution in [0.1, 0.15) is 17.0 Å². The quantitative estimate of drug-likeness (QED) is 0.716. The van der Waals surface area contributed by atoms with E-state index in [0.717, 1.165) is 17.7 Å². The molecule has 2 aromatic rings. The molecule has 2 aliphatic rings. The zero-order valence-corrected chi connectivity index (χ0v) is 18.4. The lowest BCUT2D eigenvalue weighted by atomic mass is 9.83. The van der Waals surface area contributed by atoms with Crippen LogP contribution in [0.5, 0.6) is 0 Å². The molecule has 0 bridgehead atoms. The van der Waals surface area contributed by atoms with E-state index in [4.69, 9.17) is 4.74 Å². The summed E-state index contributed by atoms with van der Waals surface area (Å²) in [4.78, 5) is 32.5. The van der Waals surface area contributed by atoms with Gasteiger partial charge in [0.05, 0.1) is 19.6 Å². The topological polar surface area (TPSA) is 53.1 Å². The van der Waals surface area contributed by atoms with Gasteiger partial charge in [-0.25, -0.2) is 0 Å². The second-order valence-electron chi connectivity index (χ2n) is 8.73. The molecule has 0 N–H and O–H groups in total. The number of carbonyl (C=O) groups is 2. The number of hydrogen-bond donors (Lipinski definition) is 0. The fourth-order valence-corrected chi connectivity index (χ4v) is 4.62. The lowest BCUT2D eigenvalue weighted by Crippen LogP contribution is -2.59. The molecular formula is C25H31N3O3. The Kier molecular flexibility index (Phi) is 6.39. The molecule has 164 valence electrons. The van der Waals surface area contributed by atoms with Crippen LogP contribution in [0.15, 0.2) is 60.7 Å². The average Bonchev–Trinajstić information content (AvgIpc) is 3.05. The molecule has 2 saturated heterocycles. The summed E-state index contributed by atoms with van der Waals surface area (Å²) in [7, 11) is 4.01. The summed E-state index contributed by atoms with van der Waals surface area (Å²) in [6.45, 7) is 3.24. The first-order valence-corrected chi connectivity index (χ1v) is 10.9. The maximum absolute atomic E-state index is 13.6. The summed E-state index contributed by atoms with van der Waals surface area (Å²) in [5.41, 5.74) is 1.05. The molecule has 0 aromatic heterocycles. The summed E-state index contributed by atoms with van der Waals surface area (Å²) in [5, 5.41) is 0. The van der Waals surface area contributed by atoms with Gasteiger partial charge in [0.15, 0.2) is 5.60 Å². The van der Waals surface area contributed by atoms with E-state index in [1.54, 1.807) is 0 Å². The molecule has 6 nitrogen and oxygen atoms in total. The number of likely N-dealkylation sites (tertiary alicyclic amines) is 1. The molecule has 4 rings (SSSR count). The minimum Gasteiger partial charge on any atom is -0.361 e. The first kappa shape index (κ1) is 21.5. The summed E-state index contributed by atoms with van der Waals surface area (Å²) >= 11 is 0. The Morgan fingerprint density at radius 1 is 1.10 bits per heavy atom. The first-order chi connectivity index (χ1) is 15.0. The molecule has 0 unspecified atom stereocenters. The van der Waals surface area contributed by atoms with E-state index in [9.17, 15) is 9.59 Å². The molecule has 1 spiro atoms. The molecule has 2 amide bonds. The van der Waals surface area contributed by atoms with Crippen molar-refractivity contribution >= 4 is 11.8 Å². The number of rotatable bonds is 6. The number of amides is 2. The van der Waals surface area contributed by atoms with Crippen LogP contribution in [0, 0.1) is 0 Å². The van der Waals surface area contributed by atoms with Crippen molar-refractivity contribution in [2.45, 2.75) is 17.9 Å². The van der Waals surface area contributed by atoms with Crippen LogP contribution >= 0.6 is 0 Å². The molecule has 2 aliphatic heterocycles. The van der Waals surface area contributed by atoms with Gasteiger partial charge in [-0.2, -0.15) is 0 Å². The number of ether oxygens (including phenoxy) is 1. The maximum atomic E-state index is 13.6. The van der Waals surface area contributed by atoms with Crippen LogP contribution in [-0.4, -0.2) is 85.5 Å². The Balaban J connectivity index is 1.59. The Bertz CT molecular complexity index is 903. The lowest BCUT2D eigenvalue weighted by Gasteiger charge is -2.42. The molecule has 2 atom stereocenters. The molecule has 0 saturated carbocycles. The minimum atomic E-state index is -1.02. The summed E-state index contributed by atoms with van der Waals surface area (Å²) in [6, 6.07) is 19.8. The number of nitrogens with zero attached hydrogens (tertiary/aromatic N) is 3. The third kappa shape index (κ3) is 4.50. The van der Waals surface area contributed by atoms with E-state index in [2.05, 4.69) is 17.0 Å². The van der Waals surface area contributed by atoms with E-state index in [1.807, 2.05) is 72.4 Å². The standard InChI is InChI=1S/C25H31N3O3/c1-26(2)13-14-27-18-22(21-11-7-4-8-12-21)25(24(27)30)19-28(15-16-31-25)23(29)17-20-9-5-3-6-10-20/h3-12,22H,13-19H2,1-2H3/t22-,25+/m0/s1. The smallest absolute Gasteiger partial charge is 0.257 e. The Morgan fingerprint density at radius 2 is 1.77 bits per heavy atom. The van der Waals surface area contributed by atoms with Gasteiger partial charge in [0.25, 0.3) is 5.91 Å². The normalized spacial score (nSPS) is 23.7. The van der Waals surface area contributed by atoms with Crippen LogP contribution in [0.4, 0.5) is 0 Å². The minimum absolute atomic E-state index is 0.000383. The van der Waals surface area contributed by atoms with Gasteiger partial charge >= 0.3 is 0 Å². The van der Waals surface area contributed by atoms with Gasteiger partial charge in [0.1, 0.15) is 0 Å². The third-order valence-corrected chi connectivity index (χ3v) is 6.33. The molecule has 0 aliphatic carbocycles. The van der Waals surface area contributed by atoms with Crippen LogP contribution < -0.4 is 0 Å². The fraction of sp³-hybridized carbons (Fsp3) is 0.440. The van der Waals surface area contributed by atoms with E-state index in [-0.39, 0.29) is 17.7 Å². The average molecular weight is 422 g/mol. The number of likely N-dealkylation sites (N-methyl/N-ethyl adjacent to an activating group) is 1. The Labute approximate surface area is 184 Å². The fourth-order valence-electron chi connectivity index (χ4n) is 4.62. The molecule has 0 radical (unpaired) electrons. The molecular weight excluding hydrogens is 390 g/mol.